The topological polar surface area (TPSA) is 84.7 Å². The number of hydrogen-bond acceptors (Lipinski definition) is 5. The highest BCUT2D eigenvalue weighted by atomic mass is 16.6. The summed E-state index contributed by atoms with van der Waals surface area (Å²) >= 11 is 0. The molecule has 1 N–H and O–H groups in total. The second-order valence-corrected chi connectivity index (χ2v) is 5.63. The zero-order valence-electron chi connectivity index (χ0n) is 13.4. The van der Waals surface area contributed by atoms with Crippen LogP contribution >= 0.6 is 0 Å². The first-order valence-corrected chi connectivity index (χ1v) is 7.93. The molecular formula is C16H23N3O4. The van der Waals surface area contributed by atoms with Crippen LogP contribution in [-0.2, 0) is 16.1 Å². The van der Waals surface area contributed by atoms with Crippen LogP contribution in [-0.4, -0.2) is 48.1 Å². The number of carbonyl (C=O) groups excluding carboxylic acids is 1. The Labute approximate surface area is 135 Å². The number of para-hydroxylation sites is 1. The lowest BCUT2D eigenvalue weighted by Crippen LogP contribution is -2.39. The molecule has 1 heterocycles. The molecule has 1 aliphatic heterocycles. The molecule has 7 nitrogen and oxygen atoms in total. The van der Waals surface area contributed by atoms with Gasteiger partial charge in [0, 0.05) is 31.3 Å². The Morgan fingerprint density at radius 1 is 1.48 bits per heavy atom. The minimum absolute atomic E-state index is 0.0825. The molecule has 23 heavy (non-hydrogen) atoms. The van der Waals surface area contributed by atoms with E-state index in [-0.39, 0.29) is 29.2 Å². The molecule has 7 heteroatoms. The van der Waals surface area contributed by atoms with Crippen molar-refractivity contribution in [3.63, 3.8) is 0 Å². The summed E-state index contributed by atoms with van der Waals surface area (Å²) in [5.41, 5.74) is 0.706. The van der Waals surface area contributed by atoms with Gasteiger partial charge in [-0.05, 0) is 19.4 Å². The molecule has 1 amide bonds. The van der Waals surface area contributed by atoms with E-state index in [1.807, 2.05) is 11.8 Å². The van der Waals surface area contributed by atoms with Gasteiger partial charge in [0.15, 0.2) is 0 Å². The molecule has 0 saturated carbocycles. The standard InChI is InChI=1S/C16H23N3O4/c1-2-18(11-13-6-3-4-8-15(13)19(21)22)12-16(20)17-10-14-7-5-9-23-14/h3-4,6,8,14H,2,5,7,9-12H2,1H3,(H,17,20). The van der Waals surface area contributed by atoms with E-state index in [2.05, 4.69) is 5.32 Å². The van der Waals surface area contributed by atoms with Gasteiger partial charge < -0.3 is 10.1 Å². The first-order valence-electron chi connectivity index (χ1n) is 7.93. The van der Waals surface area contributed by atoms with Crippen molar-refractivity contribution in [2.75, 3.05) is 26.2 Å². The van der Waals surface area contributed by atoms with Gasteiger partial charge >= 0.3 is 0 Å². The van der Waals surface area contributed by atoms with E-state index < -0.39 is 0 Å². The van der Waals surface area contributed by atoms with E-state index in [1.165, 1.54) is 6.07 Å². The Hall–Kier alpha value is -1.99. The smallest absolute Gasteiger partial charge is 0.273 e. The van der Waals surface area contributed by atoms with E-state index in [1.54, 1.807) is 18.2 Å². The first kappa shape index (κ1) is 17.4. The molecule has 1 aliphatic rings. The van der Waals surface area contributed by atoms with Crippen LogP contribution in [0.3, 0.4) is 0 Å². The summed E-state index contributed by atoms with van der Waals surface area (Å²) in [7, 11) is 0. The normalized spacial score (nSPS) is 17.4. The second-order valence-electron chi connectivity index (χ2n) is 5.63. The molecule has 2 rings (SSSR count). The maximum atomic E-state index is 12.0. The van der Waals surface area contributed by atoms with Crippen molar-refractivity contribution in [1.29, 1.82) is 0 Å². The van der Waals surface area contributed by atoms with Gasteiger partial charge in [-0.2, -0.15) is 0 Å². The van der Waals surface area contributed by atoms with Gasteiger partial charge in [-0.1, -0.05) is 25.1 Å². The molecule has 1 aromatic carbocycles. The van der Waals surface area contributed by atoms with Gasteiger partial charge in [0.2, 0.25) is 5.91 Å². The number of ether oxygens (including phenoxy) is 1. The number of carbonyl (C=O) groups is 1. The minimum Gasteiger partial charge on any atom is -0.376 e. The van der Waals surface area contributed by atoms with Crippen molar-refractivity contribution in [2.45, 2.75) is 32.4 Å². The Kier molecular flexibility index (Phi) is 6.49. The summed E-state index contributed by atoms with van der Waals surface area (Å²) in [6.45, 7) is 4.46. The van der Waals surface area contributed by atoms with Crippen LogP contribution in [0.1, 0.15) is 25.3 Å². The molecule has 1 fully saturated rings. The molecule has 1 aromatic rings. The third-order valence-electron chi connectivity index (χ3n) is 3.95. The van der Waals surface area contributed by atoms with Crippen molar-refractivity contribution < 1.29 is 14.5 Å². The molecule has 0 bridgehead atoms. The summed E-state index contributed by atoms with van der Waals surface area (Å²) in [6.07, 6.45) is 2.14. The quantitative estimate of drug-likeness (QED) is 0.582. The Morgan fingerprint density at radius 2 is 2.26 bits per heavy atom. The zero-order valence-corrected chi connectivity index (χ0v) is 13.4. The van der Waals surface area contributed by atoms with E-state index in [0.717, 1.165) is 19.4 Å². The molecule has 1 atom stereocenters. The molecule has 1 saturated heterocycles. The fourth-order valence-electron chi connectivity index (χ4n) is 2.64. The van der Waals surface area contributed by atoms with Crippen molar-refractivity contribution in [1.82, 2.24) is 10.2 Å². The Morgan fingerprint density at radius 3 is 2.91 bits per heavy atom. The van der Waals surface area contributed by atoms with Gasteiger partial charge in [0.25, 0.3) is 5.69 Å². The number of amides is 1. The van der Waals surface area contributed by atoms with Crippen LogP contribution < -0.4 is 5.32 Å². The van der Waals surface area contributed by atoms with Crippen LogP contribution in [0.2, 0.25) is 0 Å². The Balaban J connectivity index is 1.87. The van der Waals surface area contributed by atoms with Crippen LogP contribution in [0, 0.1) is 10.1 Å². The number of nitrogens with one attached hydrogen (secondary N) is 1. The predicted octanol–water partition coefficient (Wildman–Crippen LogP) is 1.71. The molecule has 0 spiro atoms. The zero-order chi connectivity index (χ0) is 16.7. The summed E-state index contributed by atoms with van der Waals surface area (Å²) in [6, 6.07) is 6.63. The lowest BCUT2D eigenvalue weighted by atomic mass is 10.1. The second kappa shape index (κ2) is 8.59. The average molecular weight is 321 g/mol. The minimum atomic E-state index is -0.388. The Bertz CT molecular complexity index is 544. The van der Waals surface area contributed by atoms with Crippen molar-refractivity contribution in [3.8, 4) is 0 Å². The number of benzene rings is 1. The largest absolute Gasteiger partial charge is 0.376 e. The van der Waals surface area contributed by atoms with Crippen LogP contribution in [0.15, 0.2) is 24.3 Å². The SMILES string of the molecule is CCN(CC(=O)NCC1CCCO1)Cc1ccccc1[N+](=O)[O-]. The van der Waals surface area contributed by atoms with Crippen molar-refractivity contribution in [2.24, 2.45) is 0 Å². The molecule has 126 valence electrons. The van der Waals surface area contributed by atoms with Crippen molar-refractivity contribution in [3.05, 3.63) is 39.9 Å². The van der Waals surface area contributed by atoms with E-state index in [9.17, 15) is 14.9 Å². The highest BCUT2D eigenvalue weighted by molar-refractivity contribution is 5.78. The molecule has 1 unspecified atom stereocenters. The van der Waals surface area contributed by atoms with Crippen molar-refractivity contribution >= 4 is 11.6 Å². The maximum Gasteiger partial charge on any atom is 0.273 e. The van der Waals surface area contributed by atoms with E-state index in [0.29, 0.717) is 25.2 Å². The summed E-state index contributed by atoms with van der Waals surface area (Å²) in [5.74, 6) is -0.0825. The highest BCUT2D eigenvalue weighted by Crippen LogP contribution is 2.19. The van der Waals surface area contributed by atoms with E-state index in [4.69, 9.17) is 4.74 Å². The fourth-order valence-corrected chi connectivity index (χ4v) is 2.64. The van der Waals surface area contributed by atoms with Gasteiger partial charge in [-0.15, -0.1) is 0 Å². The van der Waals surface area contributed by atoms with Gasteiger partial charge in [-0.3, -0.25) is 19.8 Å². The number of nitrogens with zero attached hydrogens (tertiary/aromatic N) is 2. The third-order valence-corrected chi connectivity index (χ3v) is 3.95. The molecule has 0 radical (unpaired) electrons. The van der Waals surface area contributed by atoms with Gasteiger partial charge in [-0.25, -0.2) is 0 Å². The summed E-state index contributed by atoms with van der Waals surface area (Å²) in [4.78, 5) is 24.6. The maximum absolute atomic E-state index is 12.0. The van der Waals surface area contributed by atoms with Gasteiger partial charge in [0.1, 0.15) is 0 Å². The first-order chi connectivity index (χ1) is 11.1. The predicted molar refractivity (Wildman–Crippen MR) is 86.0 cm³/mol. The lowest BCUT2D eigenvalue weighted by Gasteiger charge is -2.20. The van der Waals surface area contributed by atoms with Crippen LogP contribution in [0.5, 0.6) is 0 Å². The average Bonchev–Trinajstić information content (AvgIpc) is 3.06. The summed E-state index contributed by atoms with van der Waals surface area (Å²) in [5, 5.41) is 13.9. The number of rotatable bonds is 8. The third kappa shape index (κ3) is 5.30. The number of nitro groups is 1. The van der Waals surface area contributed by atoms with E-state index >= 15 is 0 Å². The number of hydrogen-bond donors (Lipinski definition) is 1. The molecule has 0 aliphatic carbocycles. The lowest BCUT2D eigenvalue weighted by molar-refractivity contribution is -0.385. The highest BCUT2D eigenvalue weighted by Gasteiger charge is 2.19. The van der Waals surface area contributed by atoms with Crippen LogP contribution in [0.25, 0.3) is 0 Å². The molecular weight excluding hydrogens is 298 g/mol. The van der Waals surface area contributed by atoms with Gasteiger partial charge in [0.05, 0.1) is 17.6 Å². The summed E-state index contributed by atoms with van der Waals surface area (Å²) < 4.78 is 5.47. The fraction of sp³-hybridized carbons (Fsp3) is 0.562. The monoisotopic (exact) mass is 321 g/mol. The molecule has 0 aromatic heterocycles. The number of nitro benzene ring substituents is 1. The van der Waals surface area contributed by atoms with Crippen LogP contribution in [0.4, 0.5) is 5.69 Å². The number of likely N-dealkylation sites (N-methyl/N-ethyl adjacent to an activating group) is 1.